The smallest absolute Gasteiger partial charge is 0.328 e. The number of unbranched alkanes of at least 4 members (excludes halogenated alkanes) is 2. The molecule has 0 aliphatic carbocycles. The van der Waals surface area contributed by atoms with Crippen molar-refractivity contribution in [2.45, 2.75) is 32.2 Å². The minimum absolute atomic E-state index is 0.0481. The maximum Gasteiger partial charge on any atom is 0.328 e. The van der Waals surface area contributed by atoms with Crippen molar-refractivity contribution in [3.63, 3.8) is 0 Å². The van der Waals surface area contributed by atoms with Gasteiger partial charge in [-0.15, -0.1) is 0 Å². The molecule has 0 aromatic rings. The van der Waals surface area contributed by atoms with E-state index in [2.05, 4.69) is 6.92 Å². The molecular formula is C12H21NO5. The van der Waals surface area contributed by atoms with Crippen LogP contribution in [0, 0.1) is 0 Å². The highest BCUT2D eigenvalue weighted by atomic mass is 16.5. The lowest BCUT2D eigenvalue weighted by atomic mass is 10.2. The SMILES string of the molecule is CCCCCOCC(=O)N1CCOCC1C(=O)O. The number of rotatable bonds is 7. The van der Waals surface area contributed by atoms with Crippen molar-refractivity contribution < 1.29 is 24.2 Å². The Morgan fingerprint density at radius 2 is 2.22 bits per heavy atom. The lowest BCUT2D eigenvalue weighted by Gasteiger charge is -2.32. The van der Waals surface area contributed by atoms with E-state index in [9.17, 15) is 9.59 Å². The maximum absolute atomic E-state index is 11.8. The van der Waals surface area contributed by atoms with Gasteiger partial charge in [0.2, 0.25) is 5.91 Å². The predicted octanol–water partition coefficient (Wildman–Crippen LogP) is 0.505. The van der Waals surface area contributed by atoms with Gasteiger partial charge in [0.1, 0.15) is 6.61 Å². The van der Waals surface area contributed by atoms with Gasteiger partial charge in [-0.1, -0.05) is 19.8 Å². The van der Waals surface area contributed by atoms with Crippen LogP contribution >= 0.6 is 0 Å². The van der Waals surface area contributed by atoms with Crippen molar-refractivity contribution in [2.75, 3.05) is 33.0 Å². The van der Waals surface area contributed by atoms with E-state index in [1.807, 2.05) is 0 Å². The van der Waals surface area contributed by atoms with Gasteiger partial charge < -0.3 is 19.5 Å². The maximum atomic E-state index is 11.8. The fourth-order valence-corrected chi connectivity index (χ4v) is 1.80. The van der Waals surface area contributed by atoms with Crippen LogP contribution in [0.4, 0.5) is 0 Å². The molecule has 6 nitrogen and oxygen atoms in total. The highest BCUT2D eigenvalue weighted by Crippen LogP contribution is 2.08. The van der Waals surface area contributed by atoms with Gasteiger partial charge in [-0.05, 0) is 6.42 Å². The first-order valence-electron chi connectivity index (χ1n) is 6.34. The van der Waals surface area contributed by atoms with Gasteiger partial charge in [0.15, 0.2) is 6.04 Å². The van der Waals surface area contributed by atoms with E-state index in [4.69, 9.17) is 14.6 Å². The number of hydrogen-bond donors (Lipinski definition) is 1. The van der Waals surface area contributed by atoms with E-state index in [0.717, 1.165) is 19.3 Å². The van der Waals surface area contributed by atoms with Gasteiger partial charge >= 0.3 is 5.97 Å². The van der Waals surface area contributed by atoms with Crippen LogP contribution in [0.2, 0.25) is 0 Å². The van der Waals surface area contributed by atoms with Gasteiger partial charge in [0, 0.05) is 13.2 Å². The molecular weight excluding hydrogens is 238 g/mol. The lowest BCUT2D eigenvalue weighted by Crippen LogP contribution is -2.53. The van der Waals surface area contributed by atoms with Crippen LogP contribution in [0.5, 0.6) is 0 Å². The van der Waals surface area contributed by atoms with E-state index in [0.29, 0.717) is 19.8 Å². The summed E-state index contributed by atoms with van der Waals surface area (Å²) in [7, 11) is 0. The fourth-order valence-electron chi connectivity index (χ4n) is 1.80. The topological polar surface area (TPSA) is 76.1 Å². The number of carboxylic acid groups (broad SMARTS) is 1. The first-order valence-corrected chi connectivity index (χ1v) is 6.34. The Labute approximate surface area is 107 Å². The van der Waals surface area contributed by atoms with Gasteiger partial charge in [-0.2, -0.15) is 0 Å². The van der Waals surface area contributed by atoms with E-state index in [1.165, 1.54) is 4.90 Å². The largest absolute Gasteiger partial charge is 0.480 e. The molecule has 1 unspecified atom stereocenters. The van der Waals surface area contributed by atoms with Crippen molar-refractivity contribution in [1.82, 2.24) is 4.90 Å². The number of carbonyl (C=O) groups excluding carboxylic acids is 1. The summed E-state index contributed by atoms with van der Waals surface area (Å²) in [5.41, 5.74) is 0. The van der Waals surface area contributed by atoms with Crippen LogP contribution < -0.4 is 0 Å². The summed E-state index contributed by atoms with van der Waals surface area (Å²) in [5, 5.41) is 8.98. The number of carbonyl (C=O) groups is 2. The Hall–Kier alpha value is -1.14. The molecule has 1 atom stereocenters. The third-order valence-electron chi connectivity index (χ3n) is 2.85. The molecule has 1 amide bonds. The highest BCUT2D eigenvalue weighted by Gasteiger charge is 2.32. The molecule has 6 heteroatoms. The van der Waals surface area contributed by atoms with Crippen LogP contribution in [-0.4, -0.2) is 60.9 Å². The van der Waals surface area contributed by atoms with Crippen LogP contribution in [0.1, 0.15) is 26.2 Å². The number of carboxylic acids is 1. The Bertz CT molecular complexity index is 282. The molecule has 1 fully saturated rings. The Kier molecular flexibility index (Phi) is 6.67. The number of aliphatic carboxylic acids is 1. The zero-order valence-corrected chi connectivity index (χ0v) is 10.8. The van der Waals surface area contributed by atoms with Crippen molar-refractivity contribution in [3.8, 4) is 0 Å². The standard InChI is InChI=1S/C12H21NO5/c1-2-3-4-6-17-9-11(14)13-5-7-18-8-10(13)12(15)16/h10H,2-9H2,1H3,(H,15,16). The molecule has 0 aromatic heterocycles. The summed E-state index contributed by atoms with van der Waals surface area (Å²) in [6.45, 7) is 3.34. The fraction of sp³-hybridized carbons (Fsp3) is 0.833. The number of nitrogens with zero attached hydrogens (tertiary/aromatic N) is 1. The molecule has 0 aromatic carbocycles. The van der Waals surface area contributed by atoms with Gasteiger partial charge in [0.25, 0.3) is 0 Å². The molecule has 0 bridgehead atoms. The summed E-state index contributed by atoms with van der Waals surface area (Å²) >= 11 is 0. The van der Waals surface area contributed by atoms with Crippen LogP contribution in [0.3, 0.4) is 0 Å². The van der Waals surface area contributed by atoms with Gasteiger partial charge in [0.05, 0.1) is 13.2 Å². The van der Waals surface area contributed by atoms with Gasteiger partial charge in [-0.25, -0.2) is 4.79 Å². The molecule has 1 saturated heterocycles. The number of hydrogen-bond acceptors (Lipinski definition) is 4. The molecule has 1 aliphatic rings. The zero-order chi connectivity index (χ0) is 13.4. The predicted molar refractivity (Wildman–Crippen MR) is 64.3 cm³/mol. The van der Waals surface area contributed by atoms with Crippen LogP contribution in [0.15, 0.2) is 0 Å². The molecule has 0 saturated carbocycles. The molecule has 1 N–H and O–H groups in total. The molecule has 1 rings (SSSR count). The normalized spacial score (nSPS) is 19.8. The molecule has 1 heterocycles. The Balaban J connectivity index is 2.32. The zero-order valence-electron chi connectivity index (χ0n) is 10.8. The van der Waals surface area contributed by atoms with E-state index >= 15 is 0 Å². The Morgan fingerprint density at radius 3 is 2.89 bits per heavy atom. The van der Waals surface area contributed by atoms with Crippen molar-refractivity contribution >= 4 is 11.9 Å². The van der Waals surface area contributed by atoms with Crippen LogP contribution in [0.25, 0.3) is 0 Å². The summed E-state index contributed by atoms with van der Waals surface area (Å²) in [4.78, 5) is 24.1. The summed E-state index contributed by atoms with van der Waals surface area (Å²) in [6, 6.07) is -0.884. The molecule has 1 aliphatic heterocycles. The first kappa shape index (κ1) is 14.9. The Morgan fingerprint density at radius 1 is 1.44 bits per heavy atom. The molecule has 18 heavy (non-hydrogen) atoms. The molecule has 0 radical (unpaired) electrons. The third-order valence-corrected chi connectivity index (χ3v) is 2.85. The lowest BCUT2D eigenvalue weighted by molar-refractivity contribution is -0.160. The average Bonchev–Trinajstić information content (AvgIpc) is 2.38. The third kappa shape index (κ3) is 4.62. The summed E-state index contributed by atoms with van der Waals surface area (Å²) < 4.78 is 10.3. The molecule has 0 spiro atoms. The summed E-state index contributed by atoms with van der Waals surface area (Å²) in [5.74, 6) is -1.31. The van der Waals surface area contributed by atoms with Crippen molar-refractivity contribution in [2.24, 2.45) is 0 Å². The number of ether oxygens (including phenoxy) is 2. The second-order valence-electron chi connectivity index (χ2n) is 4.28. The van der Waals surface area contributed by atoms with Crippen molar-refractivity contribution in [3.05, 3.63) is 0 Å². The second kappa shape index (κ2) is 8.05. The van der Waals surface area contributed by atoms with Gasteiger partial charge in [-0.3, -0.25) is 4.79 Å². The monoisotopic (exact) mass is 259 g/mol. The molecule has 104 valence electrons. The number of morpholine rings is 1. The second-order valence-corrected chi connectivity index (χ2v) is 4.28. The van der Waals surface area contributed by atoms with Crippen molar-refractivity contribution in [1.29, 1.82) is 0 Å². The van der Waals surface area contributed by atoms with E-state index in [-0.39, 0.29) is 19.1 Å². The quantitative estimate of drug-likeness (QED) is 0.674. The highest BCUT2D eigenvalue weighted by molar-refractivity contribution is 5.84. The van der Waals surface area contributed by atoms with E-state index < -0.39 is 12.0 Å². The van der Waals surface area contributed by atoms with Crippen LogP contribution in [-0.2, 0) is 19.1 Å². The minimum Gasteiger partial charge on any atom is -0.480 e. The number of amides is 1. The first-order chi connectivity index (χ1) is 8.66. The average molecular weight is 259 g/mol. The van der Waals surface area contributed by atoms with E-state index in [1.54, 1.807) is 0 Å². The summed E-state index contributed by atoms with van der Waals surface area (Å²) in [6.07, 6.45) is 3.10. The minimum atomic E-state index is -1.03.